The van der Waals surface area contributed by atoms with Gasteiger partial charge in [-0.05, 0) is 47.0 Å². The molecule has 0 aliphatic heterocycles. The molecule has 3 rings (SSSR count). The van der Waals surface area contributed by atoms with E-state index in [1.807, 2.05) is 12.1 Å². The second-order valence-corrected chi connectivity index (χ2v) is 6.18. The zero-order chi connectivity index (χ0) is 13.5. The fourth-order valence-corrected chi connectivity index (χ4v) is 2.83. The van der Waals surface area contributed by atoms with Crippen LogP contribution in [0.3, 0.4) is 0 Å². The Morgan fingerprint density at radius 3 is 2.74 bits per heavy atom. The number of hydrogen-bond acceptors (Lipinski definition) is 4. The van der Waals surface area contributed by atoms with Gasteiger partial charge >= 0.3 is 0 Å². The van der Waals surface area contributed by atoms with Gasteiger partial charge in [-0.15, -0.1) is 0 Å². The van der Waals surface area contributed by atoms with E-state index in [1.165, 1.54) is 0 Å². The molecule has 4 nitrogen and oxygen atoms in total. The van der Waals surface area contributed by atoms with Crippen LogP contribution in [0, 0.1) is 0 Å². The van der Waals surface area contributed by atoms with E-state index in [-0.39, 0.29) is 0 Å². The zero-order valence-electron chi connectivity index (χ0n) is 10.2. The molecule has 1 heterocycles. The quantitative estimate of drug-likeness (QED) is 0.899. The fourth-order valence-electron chi connectivity index (χ4n) is 2.40. The van der Waals surface area contributed by atoms with Crippen LogP contribution in [0.15, 0.2) is 27.2 Å². The van der Waals surface area contributed by atoms with Crippen molar-refractivity contribution in [2.45, 2.75) is 31.2 Å². The van der Waals surface area contributed by atoms with Crippen molar-refractivity contribution < 1.29 is 4.52 Å². The van der Waals surface area contributed by atoms with Gasteiger partial charge in [-0.2, -0.15) is 4.98 Å². The molecule has 6 heteroatoms. The standard InChI is InChI=1S/C13H13BrClN3O/c14-9-4-3-8(7-10(9)15)11-17-12(18-19-11)13(16)5-1-2-6-13/h3-4,7H,1-2,5-6,16H2. The minimum atomic E-state index is -0.430. The lowest BCUT2D eigenvalue weighted by Crippen LogP contribution is -2.34. The molecule has 0 bridgehead atoms. The summed E-state index contributed by atoms with van der Waals surface area (Å²) in [5, 5.41) is 4.64. The van der Waals surface area contributed by atoms with Gasteiger partial charge in [0.25, 0.3) is 5.89 Å². The summed E-state index contributed by atoms with van der Waals surface area (Å²) in [5.74, 6) is 1.06. The van der Waals surface area contributed by atoms with E-state index in [0.29, 0.717) is 16.7 Å². The first-order valence-corrected chi connectivity index (χ1v) is 7.34. The monoisotopic (exact) mass is 341 g/mol. The summed E-state index contributed by atoms with van der Waals surface area (Å²) >= 11 is 9.41. The molecule has 1 aliphatic carbocycles. The number of nitrogens with two attached hydrogens (primary N) is 1. The lowest BCUT2D eigenvalue weighted by molar-refractivity contribution is 0.372. The minimum Gasteiger partial charge on any atom is -0.334 e. The van der Waals surface area contributed by atoms with Crippen molar-refractivity contribution >= 4 is 27.5 Å². The SMILES string of the molecule is NC1(c2noc(-c3ccc(Br)c(Cl)c3)n2)CCCC1. The van der Waals surface area contributed by atoms with E-state index in [2.05, 4.69) is 26.1 Å². The highest BCUT2D eigenvalue weighted by molar-refractivity contribution is 9.10. The van der Waals surface area contributed by atoms with Crippen molar-refractivity contribution in [1.29, 1.82) is 0 Å². The van der Waals surface area contributed by atoms with E-state index in [1.54, 1.807) is 6.07 Å². The molecule has 1 fully saturated rings. The van der Waals surface area contributed by atoms with Gasteiger partial charge in [0.05, 0.1) is 10.6 Å². The van der Waals surface area contributed by atoms with Crippen LogP contribution in [0.25, 0.3) is 11.5 Å². The van der Waals surface area contributed by atoms with Gasteiger partial charge in [-0.3, -0.25) is 0 Å². The molecule has 0 atom stereocenters. The predicted octanol–water partition coefficient (Wildman–Crippen LogP) is 3.88. The molecule has 2 N–H and O–H groups in total. The molecule has 1 aliphatic rings. The number of halogens is 2. The van der Waals surface area contributed by atoms with Crippen LogP contribution in [0.1, 0.15) is 31.5 Å². The van der Waals surface area contributed by atoms with E-state index in [4.69, 9.17) is 21.9 Å². The van der Waals surface area contributed by atoms with Crippen molar-refractivity contribution in [2.75, 3.05) is 0 Å². The Hall–Kier alpha value is -0.910. The molecule has 1 saturated carbocycles. The normalized spacial score (nSPS) is 17.8. The van der Waals surface area contributed by atoms with Crippen LogP contribution in [0.4, 0.5) is 0 Å². The molecule has 1 aromatic heterocycles. The third-order valence-electron chi connectivity index (χ3n) is 3.53. The van der Waals surface area contributed by atoms with Gasteiger partial charge in [-0.25, -0.2) is 0 Å². The van der Waals surface area contributed by atoms with Crippen molar-refractivity contribution in [3.63, 3.8) is 0 Å². The maximum Gasteiger partial charge on any atom is 0.258 e. The number of benzene rings is 1. The lowest BCUT2D eigenvalue weighted by Gasteiger charge is -2.17. The molecule has 100 valence electrons. The molecule has 0 spiro atoms. The molecule has 0 amide bonds. The van der Waals surface area contributed by atoms with E-state index in [0.717, 1.165) is 35.7 Å². The smallest absolute Gasteiger partial charge is 0.258 e. The summed E-state index contributed by atoms with van der Waals surface area (Å²) < 4.78 is 6.14. The second kappa shape index (κ2) is 4.89. The average Bonchev–Trinajstić information content (AvgIpc) is 3.02. The third-order valence-corrected chi connectivity index (χ3v) is 4.77. The first-order chi connectivity index (χ1) is 9.08. The fraction of sp³-hybridized carbons (Fsp3) is 0.385. The molecular weight excluding hydrogens is 330 g/mol. The van der Waals surface area contributed by atoms with Gasteiger partial charge in [0, 0.05) is 10.0 Å². The summed E-state index contributed by atoms with van der Waals surface area (Å²) in [6.45, 7) is 0. The molecule has 2 aromatic rings. The summed E-state index contributed by atoms with van der Waals surface area (Å²) in [6.07, 6.45) is 4.05. The van der Waals surface area contributed by atoms with Gasteiger partial charge < -0.3 is 10.3 Å². The largest absolute Gasteiger partial charge is 0.334 e. The number of nitrogens with zero attached hydrogens (tertiary/aromatic N) is 2. The number of aromatic nitrogens is 2. The molecular formula is C13H13BrClN3O. The van der Waals surface area contributed by atoms with Crippen molar-refractivity contribution in [1.82, 2.24) is 10.1 Å². The first kappa shape index (κ1) is 13.1. The third kappa shape index (κ3) is 2.42. The summed E-state index contributed by atoms with van der Waals surface area (Å²) in [4.78, 5) is 4.43. The predicted molar refractivity (Wildman–Crippen MR) is 76.8 cm³/mol. The zero-order valence-corrected chi connectivity index (χ0v) is 12.5. The van der Waals surface area contributed by atoms with E-state index < -0.39 is 5.54 Å². The van der Waals surface area contributed by atoms with Crippen LogP contribution in [0.5, 0.6) is 0 Å². The van der Waals surface area contributed by atoms with E-state index in [9.17, 15) is 0 Å². The summed E-state index contributed by atoms with van der Waals surface area (Å²) in [5.41, 5.74) is 6.68. The van der Waals surface area contributed by atoms with Gasteiger partial charge in [0.2, 0.25) is 0 Å². The molecule has 0 saturated heterocycles. The first-order valence-electron chi connectivity index (χ1n) is 6.17. The lowest BCUT2D eigenvalue weighted by atomic mass is 9.99. The highest BCUT2D eigenvalue weighted by Crippen LogP contribution is 2.36. The molecule has 0 unspecified atom stereocenters. The van der Waals surface area contributed by atoms with Crippen LogP contribution in [-0.4, -0.2) is 10.1 Å². The van der Waals surface area contributed by atoms with Gasteiger partial charge in [-0.1, -0.05) is 29.6 Å². The Morgan fingerprint density at radius 2 is 2.05 bits per heavy atom. The Bertz CT molecular complexity index is 608. The summed E-state index contributed by atoms with van der Waals surface area (Å²) in [7, 11) is 0. The topological polar surface area (TPSA) is 64.9 Å². The minimum absolute atomic E-state index is 0.430. The molecule has 19 heavy (non-hydrogen) atoms. The Balaban J connectivity index is 1.94. The molecule has 1 aromatic carbocycles. The van der Waals surface area contributed by atoms with Crippen LogP contribution < -0.4 is 5.73 Å². The number of hydrogen-bond donors (Lipinski definition) is 1. The van der Waals surface area contributed by atoms with Crippen molar-refractivity contribution in [2.24, 2.45) is 5.73 Å². The Kier molecular flexibility index (Phi) is 3.37. The Morgan fingerprint density at radius 1 is 1.32 bits per heavy atom. The highest BCUT2D eigenvalue weighted by atomic mass is 79.9. The van der Waals surface area contributed by atoms with E-state index >= 15 is 0 Å². The Labute approximate surface area is 124 Å². The maximum absolute atomic E-state index is 6.31. The average molecular weight is 343 g/mol. The highest BCUT2D eigenvalue weighted by Gasteiger charge is 2.36. The van der Waals surface area contributed by atoms with Crippen LogP contribution >= 0.6 is 27.5 Å². The summed E-state index contributed by atoms with van der Waals surface area (Å²) in [6, 6.07) is 5.53. The van der Waals surface area contributed by atoms with Crippen LogP contribution in [-0.2, 0) is 5.54 Å². The number of rotatable bonds is 2. The van der Waals surface area contributed by atoms with Gasteiger partial charge in [0.1, 0.15) is 0 Å². The van der Waals surface area contributed by atoms with Crippen molar-refractivity contribution in [3.05, 3.63) is 33.5 Å². The maximum atomic E-state index is 6.31. The second-order valence-electron chi connectivity index (χ2n) is 4.92. The molecule has 0 radical (unpaired) electrons. The van der Waals surface area contributed by atoms with Crippen LogP contribution in [0.2, 0.25) is 5.02 Å². The van der Waals surface area contributed by atoms with Crippen molar-refractivity contribution in [3.8, 4) is 11.5 Å². The van der Waals surface area contributed by atoms with Gasteiger partial charge in [0.15, 0.2) is 5.82 Å².